The molecule has 1 heterocycles. The van der Waals surface area contributed by atoms with Crippen LogP contribution in [0.25, 0.3) is 0 Å². The van der Waals surface area contributed by atoms with Crippen molar-refractivity contribution in [1.29, 1.82) is 0 Å². The molecule has 0 aromatic heterocycles. The standard InChI is InChI=1S/C15H27N3O2/c1-15(2,3)12(16)9-13(19)18-8-4-5-11(18)14(20)17-10-6-7-10/h10-12H,4-9,16H2,1-3H3,(H,17,20). The normalized spacial score (nSPS) is 24.6. The number of likely N-dealkylation sites (tertiary alicyclic amines) is 1. The Morgan fingerprint density at radius 2 is 1.95 bits per heavy atom. The van der Waals surface area contributed by atoms with Gasteiger partial charge in [0, 0.05) is 25.0 Å². The highest BCUT2D eigenvalue weighted by atomic mass is 16.2. The van der Waals surface area contributed by atoms with Crippen LogP contribution in [0.3, 0.4) is 0 Å². The molecule has 0 spiro atoms. The van der Waals surface area contributed by atoms with Crippen LogP contribution in [-0.4, -0.2) is 41.4 Å². The van der Waals surface area contributed by atoms with E-state index in [1.807, 2.05) is 20.8 Å². The molecular weight excluding hydrogens is 254 g/mol. The number of nitrogens with one attached hydrogen (secondary N) is 1. The predicted octanol–water partition coefficient (Wildman–Crippen LogP) is 1.02. The Balaban J connectivity index is 1.92. The van der Waals surface area contributed by atoms with Crippen LogP contribution in [-0.2, 0) is 9.59 Å². The minimum absolute atomic E-state index is 0.0147. The zero-order chi connectivity index (χ0) is 14.9. The van der Waals surface area contributed by atoms with Crippen molar-refractivity contribution < 1.29 is 9.59 Å². The van der Waals surface area contributed by atoms with Gasteiger partial charge in [-0.05, 0) is 31.1 Å². The van der Waals surface area contributed by atoms with Crippen LogP contribution in [0.2, 0.25) is 0 Å². The summed E-state index contributed by atoms with van der Waals surface area (Å²) in [4.78, 5) is 26.3. The van der Waals surface area contributed by atoms with E-state index < -0.39 is 0 Å². The number of hydrogen-bond donors (Lipinski definition) is 2. The molecule has 3 N–H and O–H groups in total. The highest BCUT2D eigenvalue weighted by molar-refractivity contribution is 5.88. The van der Waals surface area contributed by atoms with Crippen molar-refractivity contribution in [2.24, 2.45) is 11.1 Å². The molecule has 2 unspecified atom stereocenters. The minimum atomic E-state index is -0.282. The van der Waals surface area contributed by atoms with E-state index in [0.29, 0.717) is 19.0 Å². The molecule has 2 amide bonds. The number of rotatable bonds is 4. The molecule has 0 radical (unpaired) electrons. The third kappa shape index (κ3) is 3.72. The van der Waals surface area contributed by atoms with Crippen LogP contribution in [0.4, 0.5) is 0 Å². The van der Waals surface area contributed by atoms with Crippen LogP contribution < -0.4 is 11.1 Å². The summed E-state index contributed by atoms with van der Waals surface area (Å²) in [5.74, 6) is 0.0311. The van der Waals surface area contributed by atoms with Gasteiger partial charge in [-0.3, -0.25) is 9.59 Å². The fraction of sp³-hybridized carbons (Fsp3) is 0.867. The van der Waals surface area contributed by atoms with E-state index >= 15 is 0 Å². The van der Waals surface area contributed by atoms with Gasteiger partial charge in [-0.1, -0.05) is 20.8 Å². The second kappa shape index (κ2) is 5.72. The van der Waals surface area contributed by atoms with E-state index in [1.54, 1.807) is 4.90 Å². The monoisotopic (exact) mass is 281 g/mol. The topological polar surface area (TPSA) is 75.4 Å². The van der Waals surface area contributed by atoms with Crippen LogP contribution in [0.1, 0.15) is 52.9 Å². The van der Waals surface area contributed by atoms with Crippen LogP contribution >= 0.6 is 0 Å². The molecule has 0 bridgehead atoms. The van der Waals surface area contributed by atoms with Gasteiger partial charge in [0.05, 0.1) is 0 Å². The smallest absolute Gasteiger partial charge is 0.243 e. The molecule has 1 saturated carbocycles. The zero-order valence-corrected chi connectivity index (χ0v) is 12.8. The van der Waals surface area contributed by atoms with Crippen LogP contribution in [0.15, 0.2) is 0 Å². The van der Waals surface area contributed by atoms with E-state index in [0.717, 1.165) is 25.7 Å². The summed E-state index contributed by atoms with van der Waals surface area (Å²) in [6.07, 6.45) is 4.13. The van der Waals surface area contributed by atoms with E-state index in [9.17, 15) is 9.59 Å². The van der Waals surface area contributed by atoms with Crippen molar-refractivity contribution in [3.63, 3.8) is 0 Å². The third-order valence-corrected chi connectivity index (χ3v) is 4.31. The molecule has 2 atom stereocenters. The lowest BCUT2D eigenvalue weighted by atomic mass is 9.85. The van der Waals surface area contributed by atoms with E-state index in [2.05, 4.69) is 5.32 Å². The Bertz CT molecular complexity index is 385. The fourth-order valence-electron chi connectivity index (χ4n) is 2.47. The van der Waals surface area contributed by atoms with Crippen LogP contribution in [0.5, 0.6) is 0 Å². The van der Waals surface area contributed by atoms with Crippen molar-refractivity contribution in [2.45, 2.75) is 71.0 Å². The van der Waals surface area contributed by atoms with Gasteiger partial charge < -0.3 is 16.0 Å². The van der Waals surface area contributed by atoms with Crippen molar-refractivity contribution >= 4 is 11.8 Å². The predicted molar refractivity (Wildman–Crippen MR) is 77.9 cm³/mol. The molecule has 114 valence electrons. The van der Waals surface area contributed by atoms with Crippen molar-refractivity contribution in [3.05, 3.63) is 0 Å². The molecule has 1 saturated heterocycles. The number of carbonyl (C=O) groups is 2. The summed E-state index contributed by atoms with van der Waals surface area (Å²) in [5.41, 5.74) is 5.99. The fourth-order valence-corrected chi connectivity index (χ4v) is 2.47. The number of hydrogen-bond acceptors (Lipinski definition) is 3. The molecule has 2 fully saturated rings. The average molecular weight is 281 g/mol. The zero-order valence-electron chi connectivity index (χ0n) is 12.8. The quantitative estimate of drug-likeness (QED) is 0.808. The second-order valence-corrected chi connectivity index (χ2v) is 7.20. The molecule has 0 aromatic rings. The number of carbonyl (C=O) groups excluding carboxylic acids is 2. The Labute approximate surface area is 121 Å². The van der Waals surface area contributed by atoms with Gasteiger partial charge >= 0.3 is 0 Å². The van der Waals surface area contributed by atoms with Gasteiger partial charge in [-0.15, -0.1) is 0 Å². The summed E-state index contributed by atoms with van der Waals surface area (Å²) < 4.78 is 0. The van der Waals surface area contributed by atoms with Gasteiger partial charge in [0.2, 0.25) is 11.8 Å². The van der Waals surface area contributed by atoms with E-state index in [4.69, 9.17) is 5.73 Å². The molecular formula is C15H27N3O2. The first-order valence-corrected chi connectivity index (χ1v) is 7.64. The average Bonchev–Trinajstić information content (AvgIpc) is 3.01. The summed E-state index contributed by atoms with van der Waals surface area (Å²) in [6, 6.07) is -0.116. The lowest BCUT2D eigenvalue weighted by Crippen LogP contribution is -2.48. The summed E-state index contributed by atoms with van der Waals surface area (Å²) in [7, 11) is 0. The molecule has 2 aliphatic rings. The van der Waals surface area contributed by atoms with Gasteiger partial charge in [-0.2, -0.15) is 0 Å². The van der Waals surface area contributed by atoms with Gasteiger partial charge in [-0.25, -0.2) is 0 Å². The van der Waals surface area contributed by atoms with Gasteiger partial charge in [0.15, 0.2) is 0 Å². The molecule has 20 heavy (non-hydrogen) atoms. The summed E-state index contributed by atoms with van der Waals surface area (Å²) in [5, 5.41) is 3.00. The van der Waals surface area contributed by atoms with Crippen molar-refractivity contribution in [1.82, 2.24) is 10.2 Å². The van der Waals surface area contributed by atoms with Crippen LogP contribution in [0, 0.1) is 5.41 Å². The number of nitrogens with zero attached hydrogens (tertiary/aromatic N) is 1. The lowest BCUT2D eigenvalue weighted by Gasteiger charge is -2.30. The lowest BCUT2D eigenvalue weighted by molar-refractivity contribution is -0.139. The van der Waals surface area contributed by atoms with Crippen molar-refractivity contribution in [3.8, 4) is 0 Å². The van der Waals surface area contributed by atoms with Crippen molar-refractivity contribution in [2.75, 3.05) is 6.54 Å². The third-order valence-electron chi connectivity index (χ3n) is 4.31. The summed E-state index contributed by atoms with van der Waals surface area (Å²) >= 11 is 0. The molecule has 0 aromatic carbocycles. The first-order chi connectivity index (χ1) is 9.29. The van der Waals surface area contributed by atoms with Gasteiger partial charge in [0.1, 0.15) is 6.04 Å². The first-order valence-electron chi connectivity index (χ1n) is 7.64. The first kappa shape index (κ1) is 15.3. The van der Waals surface area contributed by atoms with E-state index in [-0.39, 0.29) is 29.3 Å². The maximum Gasteiger partial charge on any atom is 0.243 e. The Morgan fingerprint density at radius 3 is 2.50 bits per heavy atom. The Kier molecular flexibility index (Phi) is 4.37. The maximum absolute atomic E-state index is 12.4. The molecule has 5 heteroatoms. The van der Waals surface area contributed by atoms with Gasteiger partial charge in [0.25, 0.3) is 0 Å². The highest BCUT2D eigenvalue weighted by Crippen LogP contribution is 2.25. The molecule has 1 aliphatic carbocycles. The molecule has 2 rings (SSSR count). The Hall–Kier alpha value is -1.10. The summed E-state index contributed by atoms with van der Waals surface area (Å²) in [6.45, 7) is 6.78. The number of amides is 2. The highest BCUT2D eigenvalue weighted by Gasteiger charge is 2.37. The SMILES string of the molecule is CC(C)(C)C(N)CC(=O)N1CCCC1C(=O)NC1CC1. The maximum atomic E-state index is 12.4. The molecule has 5 nitrogen and oxygen atoms in total. The number of nitrogens with two attached hydrogens (primary N) is 1. The Morgan fingerprint density at radius 1 is 1.30 bits per heavy atom. The molecule has 1 aliphatic heterocycles. The van der Waals surface area contributed by atoms with E-state index in [1.165, 1.54) is 0 Å². The minimum Gasteiger partial charge on any atom is -0.352 e. The second-order valence-electron chi connectivity index (χ2n) is 7.20. The largest absolute Gasteiger partial charge is 0.352 e.